The number of aryl methyl sites for hydroxylation is 1. The van der Waals surface area contributed by atoms with Gasteiger partial charge < -0.3 is 11.1 Å². The molecule has 0 unspecified atom stereocenters. The molecule has 2 aromatic rings. The van der Waals surface area contributed by atoms with Crippen molar-refractivity contribution in [3.8, 4) is 0 Å². The highest BCUT2D eigenvalue weighted by molar-refractivity contribution is 14.0. The lowest BCUT2D eigenvalue weighted by atomic mass is 10.2. The zero-order valence-corrected chi connectivity index (χ0v) is 16.5. The summed E-state index contributed by atoms with van der Waals surface area (Å²) < 4.78 is 2.03. The molecular weight excluding hydrogens is 401 g/mol. The molecule has 2 rings (SSSR count). The summed E-state index contributed by atoms with van der Waals surface area (Å²) in [6.07, 6.45) is 0. The van der Waals surface area contributed by atoms with Crippen LogP contribution < -0.4 is 11.1 Å². The van der Waals surface area contributed by atoms with E-state index in [4.69, 9.17) is 5.73 Å². The first-order valence-corrected chi connectivity index (χ1v) is 7.60. The van der Waals surface area contributed by atoms with Crippen molar-refractivity contribution in [3.05, 3.63) is 52.8 Å². The number of hydrogen-bond donors (Lipinski definition) is 2. The smallest absolute Gasteiger partial charge is 0.189 e. The number of halogens is 1. The van der Waals surface area contributed by atoms with Gasteiger partial charge in [0.1, 0.15) is 0 Å². The van der Waals surface area contributed by atoms with Gasteiger partial charge in [-0.3, -0.25) is 4.68 Å². The molecule has 0 atom stereocenters. The molecule has 1 aromatic carbocycles. The molecule has 0 saturated carbocycles. The van der Waals surface area contributed by atoms with E-state index in [0.29, 0.717) is 12.5 Å². The van der Waals surface area contributed by atoms with Crippen molar-refractivity contribution in [1.29, 1.82) is 0 Å². The van der Waals surface area contributed by atoms with Crippen LogP contribution in [-0.4, -0.2) is 21.8 Å². The molecule has 0 aliphatic carbocycles. The fourth-order valence-corrected chi connectivity index (χ4v) is 2.38. The lowest BCUT2D eigenvalue weighted by molar-refractivity contribution is 0.658. The summed E-state index contributed by atoms with van der Waals surface area (Å²) in [4.78, 5) is 4.41. The van der Waals surface area contributed by atoms with Crippen LogP contribution in [0.5, 0.6) is 0 Å². The Morgan fingerprint density at radius 1 is 1.26 bits per heavy atom. The van der Waals surface area contributed by atoms with E-state index in [0.717, 1.165) is 23.5 Å². The lowest BCUT2D eigenvalue weighted by Gasteiger charge is -2.08. The van der Waals surface area contributed by atoms with Crippen LogP contribution in [0.2, 0.25) is 0 Å². The second-order valence-electron chi connectivity index (χ2n) is 5.79. The Labute approximate surface area is 155 Å². The van der Waals surface area contributed by atoms with Crippen LogP contribution in [0.25, 0.3) is 0 Å². The van der Waals surface area contributed by atoms with Gasteiger partial charge in [0.15, 0.2) is 5.96 Å². The van der Waals surface area contributed by atoms with Gasteiger partial charge in [-0.1, -0.05) is 30.3 Å². The normalized spacial score (nSPS) is 11.4. The average Bonchev–Trinajstić information content (AvgIpc) is 2.72. The van der Waals surface area contributed by atoms with Crippen molar-refractivity contribution in [2.24, 2.45) is 10.7 Å². The lowest BCUT2D eigenvalue weighted by Crippen LogP contribution is -2.36. The molecule has 0 radical (unpaired) electrons. The topological polar surface area (TPSA) is 68.2 Å². The third kappa shape index (κ3) is 5.53. The number of hydrogen-bond acceptors (Lipinski definition) is 2. The minimum absolute atomic E-state index is 0. The van der Waals surface area contributed by atoms with Crippen molar-refractivity contribution in [2.45, 2.75) is 46.8 Å². The quantitative estimate of drug-likeness (QED) is 0.438. The summed E-state index contributed by atoms with van der Waals surface area (Å²) in [5.74, 6) is 0.476. The number of guanidine groups is 1. The second-order valence-corrected chi connectivity index (χ2v) is 5.79. The van der Waals surface area contributed by atoms with Crippen molar-refractivity contribution in [1.82, 2.24) is 15.1 Å². The van der Waals surface area contributed by atoms with E-state index in [1.54, 1.807) is 0 Å². The van der Waals surface area contributed by atoms with E-state index in [1.807, 2.05) is 43.7 Å². The van der Waals surface area contributed by atoms with Gasteiger partial charge in [0.05, 0.1) is 18.8 Å². The summed E-state index contributed by atoms with van der Waals surface area (Å²) in [7, 11) is 0. The van der Waals surface area contributed by atoms with Crippen LogP contribution in [0.15, 0.2) is 35.3 Å². The summed E-state index contributed by atoms with van der Waals surface area (Å²) in [6.45, 7) is 9.51. The Morgan fingerprint density at radius 2 is 1.91 bits per heavy atom. The van der Waals surface area contributed by atoms with Crippen LogP contribution in [0.3, 0.4) is 0 Å². The summed E-state index contributed by atoms with van der Waals surface area (Å²) in [5, 5.41) is 7.73. The minimum atomic E-state index is 0. The SMILES string of the molecule is Cc1nn(Cc2ccccc2)c(C)c1CN=C(N)NC(C)C.I. The fourth-order valence-electron chi connectivity index (χ4n) is 2.38. The maximum atomic E-state index is 5.86. The third-order valence-corrected chi connectivity index (χ3v) is 3.55. The fraction of sp³-hybridized carbons (Fsp3) is 0.412. The van der Waals surface area contributed by atoms with Gasteiger partial charge in [-0.2, -0.15) is 5.10 Å². The van der Waals surface area contributed by atoms with Crippen LogP contribution in [0, 0.1) is 13.8 Å². The molecule has 0 fully saturated rings. The maximum Gasteiger partial charge on any atom is 0.189 e. The molecule has 23 heavy (non-hydrogen) atoms. The van der Waals surface area contributed by atoms with E-state index < -0.39 is 0 Å². The number of nitrogens with one attached hydrogen (secondary N) is 1. The van der Waals surface area contributed by atoms with E-state index in [-0.39, 0.29) is 30.0 Å². The Hall–Kier alpha value is -1.57. The number of benzene rings is 1. The summed E-state index contributed by atoms with van der Waals surface area (Å²) >= 11 is 0. The molecule has 0 aliphatic heterocycles. The Balaban J connectivity index is 0.00000264. The van der Waals surface area contributed by atoms with Gasteiger partial charge in [0, 0.05) is 17.3 Å². The van der Waals surface area contributed by atoms with Crippen molar-refractivity contribution in [3.63, 3.8) is 0 Å². The van der Waals surface area contributed by atoms with Crippen LogP contribution in [0.1, 0.15) is 36.4 Å². The Morgan fingerprint density at radius 3 is 2.52 bits per heavy atom. The molecule has 0 aliphatic rings. The molecular formula is C17H26IN5. The zero-order chi connectivity index (χ0) is 16.1. The molecule has 5 nitrogen and oxygen atoms in total. The summed E-state index contributed by atoms with van der Waals surface area (Å²) in [5.41, 5.74) is 10.4. The number of nitrogens with zero attached hydrogens (tertiary/aromatic N) is 3. The van der Waals surface area contributed by atoms with Gasteiger partial charge in [-0.05, 0) is 33.3 Å². The third-order valence-electron chi connectivity index (χ3n) is 3.55. The molecule has 1 aromatic heterocycles. The van der Waals surface area contributed by atoms with Crippen LogP contribution in [-0.2, 0) is 13.1 Å². The number of nitrogens with two attached hydrogens (primary N) is 1. The average molecular weight is 427 g/mol. The monoisotopic (exact) mass is 427 g/mol. The van der Waals surface area contributed by atoms with Crippen LogP contribution in [0.4, 0.5) is 0 Å². The molecule has 0 spiro atoms. The highest BCUT2D eigenvalue weighted by atomic mass is 127. The molecule has 1 heterocycles. The molecule has 0 saturated heterocycles. The molecule has 0 amide bonds. The highest BCUT2D eigenvalue weighted by Crippen LogP contribution is 2.15. The summed E-state index contributed by atoms with van der Waals surface area (Å²) in [6, 6.07) is 10.6. The van der Waals surface area contributed by atoms with Gasteiger partial charge in [-0.25, -0.2) is 4.99 Å². The second kappa shape index (κ2) is 8.90. The number of aromatic nitrogens is 2. The van der Waals surface area contributed by atoms with Gasteiger partial charge in [0.2, 0.25) is 0 Å². The maximum absolute atomic E-state index is 5.86. The van der Waals surface area contributed by atoms with E-state index in [9.17, 15) is 0 Å². The largest absolute Gasteiger partial charge is 0.370 e. The van der Waals surface area contributed by atoms with E-state index in [1.165, 1.54) is 5.56 Å². The predicted molar refractivity (Wildman–Crippen MR) is 106 cm³/mol. The van der Waals surface area contributed by atoms with E-state index >= 15 is 0 Å². The highest BCUT2D eigenvalue weighted by Gasteiger charge is 2.11. The van der Waals surface area contributed by atoms with Crippen LogP contribution >= 0.6 is 24.0 Å². The number of aliphatic imine (C=N–C) groups is 1. The first-order valence-electron chi connectivity index (χ1n) is 7.60. The van der Waals surface area contributed by atoms with E-state index in [2.05, 4.69) is 34.5 Å². The van der Waals surface area contributed by atoms with Gasteiger partial charge in [0.25, 0.3) is 0 Å². The minimum Gasteiger partial charge on any atom is -0.370 e. The van der Waals surface area contributed by atoms with Crippen molar-refractivity contribution >= 4 is 29.9 Å². The first-order chi connectivity index (χ1) is 10.5. The van der Waals surface area contributed by atoms with Crippen molar-refractivity contribution < 1.29 is 0 Å². The standard InChI is InChI=1S/C17H25N5.HI/c1-12(2)20-17(18)19-10-16-13(3)21-22(14(16)4)11-15-8-6-5-7-9-15;/h5-9,12H,10-11H2,1-4H3,(H3,18,19,20);1H. The van der Waals surface area contributed by atoms with Crippen molar-refractivity contribution in [2.75, 3.05) is 0 Å². The Bertz CT molecular complexity index is 647. The first kappa shape index (κ1) is 19.5. The predicted octanol–water partition coefficient (Wildman–Crippen LogP) is 2.98. The Kier molecular flexibility index (Phi) is 7.54. The number of rotatable bonds is 5. The molecule has 0 bridgehead atoms. The molecule has 3 N–H and O–H groups in total. The molecule has 126 valence electrons. The van der Waals surface area contributed by atoms with Gasteiger partial charge >= 0.3 is 0 Å². The molecule has 6 heteroatoms. The zero-order valence-electron chi connectivity index (χ0n) is 14.2. The van der Waals surface area contributed by atoms with Gasteiger partial charge in [-0.15, -0.1) is 24.0 Å².